The molecule has 0 aliphatic rings. The quantitative estimate of drug-likeness (QED) is 0.667. The van der Waals surface area contributed by atoms with Gasteiger partial charge in [-0.3, -0.25) is 0 Å². The molecule has 0 heterocycles. The molecule has 2 aromatic rings. The summed E-state index contributed by atoms with van der Waals surface area (Å²) in [4.78, 5) is 0. The van der Waals surface area contributed by atoms with Crippen molar-refractivity contribution in [2.75, 3.05) is 18.9 Å². The van der Waals surface area contributed by atoms with Crippen LogP contribution in [0.15, 0.2) is 36.4 Å². The van der Waals surface area contributed by atoms with E-state index in [1.807, 2.05) is 24.3 Å². The van der Waals surface area contributed by atoms with E-state index >= 15 is 0 Å². The summed E-state index contributed by atoms with van der Waals surface area (Å²) in [6.45, 7) is 7.28. The molecule has 0 saturated heterocycles. The van der Waals surface area contributed by atoms with E-state index in [2.05, 4.69) is 32.9 Å². The molecule has 20 heavy (non-hydrogen) atoms. The Morgan fingerprint density at radius 1 is 0.900 bits per heavy atom. The molecule has 0 spiro atoms. The second-order valence-electron chi connectivity index (χ2n) is 4.97. The van der Waals surface area contributed by atoms with E-state index in [0.717, 1.165) is 17.2 Å². The first kappa shape index (κ1) is 14.3. The van der Waals surface area contributed by atoms with Gasteiger partial charge < -0.3 is 15.2 Å². The highest BCUT2D eigenvalue weighted by Gasteiger charge is 2.04. The van der Waals surface area contributed by atoms with Gasteiger partial charge in [0.1, 0.15) is 24.7 Å². The Hall–Kier alpha value is -2.16. The molecule has 2 rings (SSSR count). The van der Waals surface area contributed by atoms with Crippen molar-refractivity contribution in [3.8, 4) is 11.5 Å². The molecular weight excluding hydrogens is 250 g/mol. The Morgan fingerprint density at radius 2 is 1.55 bits per heavy atom. The highest BCUT2D eigenvalue weighted by atomic mass is 16.5. The van der Waals surface area contributed by atoms with Crippen molar-refractivity contribution in [2.45, 2.75) is 20.8 Å². The van der Waals surface area contributed by atoms with E-state index in [4.69, 9.17) is 15.2 Å². The van der Waals surface area contributed by atoms with Gasteiger partial charge in [0.2, 0.25) is 0 Å². The molecule has 3 heteroatoms. The Bertz CT molecular complexity index is 576. The number of nitrogen functional groups attached to an aromatic ring is 1. The van der Waals surface area contributed by atoms with Crippen LogP contribution in [0.5, 0.6) is 11.5 Å². The average Bonchev–Trinajstić information content (AvgIpc) is 2.42. The lowest BCUT2D eigenvalue weighted by molar-refractivity contribution is 0.216. The summed E-state index contributed by atoms with van der Waals surface area (Å²) >= 11 is 0. The van der Waals surface area contributed by atoms with Crippen molar-refractivity contribution in [2.24, 2.45) is 0 Å². The van der Waals surface area contributed by atoms with Crippen LogP contribution >= 0.6 is 0 Å². The highest BCUT2D eigenvalue weighted by Crippen LogP contribution is 2.23. The van der Waals surface area contributed by atoms with Crippen LogP contribution < -0.4 is 15.2 Å². The van der Waals surface area contributed by atoms with Gasteiger partial charge >= 0.3 is 0 Å². The number of hydrogen-bond donors (Lipinski definition) is 1. The molecule has 0 aliphatic heterocycles. The van der Waals surface area contributed by atoms with E-state index in [-0.39, 0.29) is 0 Å². The van der Waals surface area contributed by atoms with Crippen molar-refractivity contribution in [3.63, 3.8) is 0 Å². The monoisotopic (exact) mass is 271 g/mol. The summed E-state index contributed by atoms with van der Waals surface area (Å²) < 4.78 is 11.4. The van der Waals surface area contributed by atoms with E-state index in [9.17, 15) is 0 Å². The van der Waals surface area contributed by atoms with E-state index in [1.54, 1.807) is 0 Å². The fraction of sp³-hybridized carbons (Fsp3) is 0.294. The van der Waals surface area contributed by atoms with Crippen LogP contribution in [0.4, 0.5) is 5.69 Å². The first-order valence-electron chi connectivity index (χ1n) is 6.75. The third-order valence-electron chi connectivity index (χ3n) is 3.25. The van der Waals surface area contributed by atoms with Gasteiger partial charge in [0.15, 0.2) is 0 Å². The average molecular weight is 271 g/mol. The molecule has 2 aromatic carbocycles. The topological polar surface area (TPSA) is 44.5 Å². The number of aryl methyl sites for hydroxylation is 2. The normalized spacial score (nSPS) is 10.3. The Morgan fingerprint density at radius 3 is 2.25 bits per heavy atom. The van der Waals surface area contributed by atoms with Crippen molar-refractivity contribution in [1.29, 1.82) is 0 Å². The van der Waals surface area contributed by atoms with Gasteiger partial charge in [0.25, 0.3) is 0 Å². The number of hydrogen-bond acceptors (Lipinski definition) is 3. The number of ether oxygens (including phenoxy) is 2. The second-order valence-corrected chi connectivity index (χ2v) is 4.97. The van der Waals surface area contributed by atoms with Gasteiger partial charge in [0.05, 0.1) is 0 Å². The minimum atomic E-state index is 0.510. The minimum Gasteiger partial charge on any atom is -0.490 e. The highest BCUT2D eigenvalue weighted by molar-refractivity contribution is 5.42. The molecule has 0 radical (unpaired) electrons. The smallest absolute Gasteiger partial charge is 0.122 e. The molecule has 0 saturated carbocycles. The van der Waals surface area contributed by atoms with Crippen molar-refractivity contribution < 1.29 is 9.47 Å². The molecule has 2 N–H and O–H groups in total. The predicted molar refractivity (Wildman–Crippen MR) is 82.5 cm³/mol. The zero-order valence-corrected chi connectivity index (χ0v) is 12.3. The van der Waals surface area contributed by atoms with Crippen LogP contribution in [0, 0.1) is 20.8 Å². The minimum absolute atomic E-state index is 0.510. The molecule has 0 amide bonds. The third kappa shape index (κ3) is 3.67. The van der Waals surface area contributed by atoms with Gasteiger partial charge in [-0.2, -0.15) is 0 Å². The molecular formula is C17H21NO2. The molecule has 0 atom stereocenters. The van der Waals surface area contributed by atoms with Gasteiger partial charge in [-0.05, 0) is 67.8 Å². The second kappa shape index (κ2) is 6.33. The lowest BCUT2D eigenvalue weighted by Gasteiger charge is -2.13. The van der Waals surface area contributed by atoms with E-state index in [1.165, 1.54) is 16.7 Å². The van der Waals surface area contributed by atoms with Crippen LogP contribution in [0.1, 0.15) is 16.7 Å². The van der Waals surface area contributed by atoms with Crippen LogP contribution in [-0.2, 0) is 0 Å². The summed E-state index contributed by atoms with van der Waals surface area (Å²) in [5.41, 5.74) is 10.0. The molecule has 106 valence electrons. The summed E-state index contributed by atoms with van der Waals surface area (Å²) in [6.07, 6.45) is 0. The largest absolute Gasteiger partial charge is 0.490 e. The van der Waals surface area contributed by atoms with Gasteiger partial charge in [0, 0.05) is 5.69 Å². The van der Waals surface area contributed by atoms with Gasteiger partial charge in [-0.1, -0.05) is 6.07 Å². The molecule has 0 bridgehead atoms. The standard InChI is InChI=1S/C17H21NO2/c1-12-10-13(2)14(3)17(11-12)20-9-8-19-16-6-4-15(18)5-7-16/h4-7,10-11H,8-9,18H2,1-3H3. The van der Waals surface area contributed by atoms with E-state index in [0.29, 0.717) is 13.2 Å². The molecule has 0 aromatic heterocycles. The fourth-order valence-corrected chi connectivity index (χ4v) is 2.03. The molecule has 3 nitrogen and oxygen atoms in total. The SMILES string of the molecule is Cc1cc(C)c(C)c(OCCOc2ccc(N)cc2)c1. The van der Waals surface area contributed by atoms with Gasteiger partial charge in [-0.15, -0.1) is 0 Å². The van der Waals surface area contributed by atoms with Gasteiger partial charge in [-0.25, -0.2) is 0 Å². The van der Waals surface area contributed by atoms with E-state index < -0.39 is 0 Å². The zero-order chi connectivity index (χ0) is 14.5. The molecule has 0 fully saturated rings. The summed E-state index contributed by atoms with van der Waals surface area (Å²) in [7, 11) is 0. The van der Waals surface area contributed by atoms with Crippen molar-refractivity contribution >= 4 is 5.69 Å². The Balaban J connectivity index is 1.86. The summed E-state index contributed by atoms with van der Waals surface area (Å²) in [5, 5.41) is 0. The van der Waals surface area contributed by atoms with Crippen LogP contribution in [0.3, 0.4) is 0 Å². The van der Waals surface area contributed by atoms with Crippen LogP contribution in [-0.4, -0.2) is 13.2 Å². The Labute approximate surface area is 120 Å². The van der Waals surface area contributed by atoms with Crippen LogP contribution in [0.25, 0.3) is 0 Å². The zero-order valence-electron chi connectivity index (χ0n) is 12.3. The lowest BCUT2D eigenvalue weighted by atomic mass is 10.1. The number of anilines is 1. The third-order valence-corrected chi connectivity index (χ3v) is 3.25. The number of rotatable bonds is 5. The maximum atomic E-state index is 5.79. The van der Waals surface area contributed by atoms with Crippen molar-refractivity contribution in [1.82, 2.24) is 0 Å². The Kier molecular flexibility index (Phi) is 4.51. The maximum Gasteiger partial charge on any atom is 0.122 e. The molecule has 0 unspecified atom stereocenters. The first-order valence-corrected chi connectivity index (χ1v) is 6.75. The predicted octanol–water partition coefficient (Wildman–Crippen LogP) is 3.65. The molecule has 0 aliphatic carbocycles. The summed E-state index contributed by atoms with van der Waals surface area (Å²) in [6, 6.07) is 11.6. The lowest BCUT2D eigenvalue weighted by Crippen LogP contribution is -2.10. The van der Waals surface area contributed by atoms with Crippen LogP contribution in [0.2, 0.25) is 0 Å². The fourth-order valence-electron chi connectivity index (χ4n) is 2.03. The maximum absolute atomic E-state index is 5.79. The van der Waals surface area contributed by atoms with Crippen molar-refractivity contribution in [3.05, 3.63) is 53.1 Å². The summed E-state index contributed by atoms with van der Waals surface area (Å²) in [5.74, 6) is 1.74. The number of nitrogens with two attached hydrogens (primary N) is 1. The number of benzene rings is 2. The first-order chi connectivity index (χ1) is 9.56.